The van der Waals surface area contributed by atoms with Gasteiger partial charge in [-0.2, -0.15) is 0 Å². The molecule has 0 aromatic carbocycles. The fourth-order valence-corrected chi connectivity index (χ4v) is 1.87. The third kappa shape index (κ3) is 3.33. The number of carbonyl (C=O) groups excluding carboxylic acids is 1. The van der Waals surface area contributed by atoms with Gasteiger partial charge in [0.05, 0.1) is 20.5 Å². The minimum atomic E-state index is -5.18. The first-order valence-corrected chi connectivity index (χ1v) is 5.92. The maximum atomic E-state index is 11.1. The molecule has 0 heterocycles. The van der Waals surface area contributed by atoms with E-state index in [0.717, 1.165) is 0 Å². The van der Waals surface area contributed by atoms with Gasteiger partial charge >= 0.3 is 0 Å². The summed E-state index contributed by atoms with van der Waals surface area (Å²) in [6.45, 7) is -0.693. The maximum Gasteiger partial charge on any atom is 0.164 e. The zero-order valence-corrected chi connectivity index (χ0v) is 8.95. The van der Waals surface area contributed by atoms with Crippen molar-refractivity contribution in [3.8, 4) is 0 Å². The van der Waals surface area contributed by atoms with E-state index in [-0.39, 0.29) is 6.42 Å². The Morgan fingerprint density at radius 3 is 2.38 bits per heavy atom. The molecule has 0 bridgehead atoms. The lowest BCUT2D eigenvalue weighted by atomic mass is 9.82. The minimum absolute atomic E-state index is 0.362. The summed E-state index contributed by atoms with van der Waals surface area (Å²) in [6, 6.07) is 0. The molecule has 0 amide bonds. The molecule has 16 heavy (non-hydrogen) atoms. The van der Waals surface area contributed by atoms with Gasteiger partial charge in [0.15, 0.2) is 5.78 Å². The maximum absolute atomic E-state index is 11.1. The Kier molecular flexibility index (Phi) is 4.19. The molecule has 0 aliphatic heterocycles. The Morgan fingerprint density at radius 1 is 1.31 bits per heavy atom. The number of aliphatic hydroxyl groups is 3. The topological polar surface area (TPSA) is 150 Å². The molecule has 3 N–H and O–H groups in total. The van der Waals surface area contributed by atoms with Gasteiger partial charge in [0.2, 0.25) is 0 Å². The summed E-state index contributed by atoms with van der Waals surface area (Å²) in [7, 11) is -5.18. The average molecular weight is 254 g/mol. The number of hydrogen-bond donors (Lipinski definition) is 3. The van der Waals surface area contributed by atoms with E-state index in [4.69, 9.17) is 5.11 Å². The standard InChI is InChI=1S/C7H13O8P/c8-4-1-3(2-15-16(12,13)14)5(9)7(11)6(4)10/h3,5-7,9-11H,1-2H2,(H2,12,13,14)/p-2/t3-,5-,6+,7+/m1/s1. The third-order valence-corrected chi connectivity index (χ3v) is 2.86. The second-order valence-corrected chi connectivity index (χ2v) is 4.75. The molecule has 94 valence electrons. The molecule has 8 nitrogen and oxygen atoms in total. The van der Waals surface area contributed by atoms with Crippen LogP contribution in [0.2, 0.25) is 0 Å². The highest BCUT2D eigenvalue weighted by atomic mass is 31.2. The summed E-state index contributed by atoms with van der Waals surface area (Å²) in [4.78, 5) is 31.4. The highest BCUT2D eigenvalue weighted by Gasteiger charge is 2.41. The van der Waals surface area contributed by atoms with Gasteiger partial charge in [0.25, 0.3) is 0 Å². The zero-order valence-electron chi connectivity index (χ0n) is 8.05. The molecular weight excluding hydrogens is 243 g/mol. The molecule has 4 atom stereocenters. The van der Waals surface area contributed by atoms with Crippen LogP contribution in [0.25, 0.3) is 0 Å². The average Bonchev–Trinajstić information content (AvgIpc) is 2.17. The molecule has 0 aromatic heterocycles. The van der Waals surface area contributed by atoms with Crippen LogP contribution >= 0.6 is 7.82 Å². The predicted molar refractivity (Wildman–Crippen MR) is 44.7 cm³/mol. The van der Waals surface area contributed by atoms with Crippen molar-refractivity contribution in [1.82, 2.24) is 0 Å². The fraction of sp³-hybridized carbons (Fsp3) is 0.857. The molecule has 0 aromatic rings. The molecule has 1 saturated carbocycles. The van der Waals surface area contributed by atoms with Gasteiger partial charge in [-0.3, -0.25) is 4.79 Å². The number of ketones is 1. The Balaban J connectivity index is 2.61. The van der Waals surface area contributed by atoms with Gasteiger partial charge in [0, 0.05) is 12.3 Å². The van der Waals surface area contributed by atoms with Gasteiger partial charge in [-0.15, -0.1) is 0 Å². The lowest BCUT2D eigenvalue weighted by Gasteiger charge is -2.36. The lowest BCUT2D eigenvalue weighted by molar-refractivity contribution is -0.342. The minimum Gasteiger partial charge on any atom is -0.790 e. The van der Waals surface area contributed by atoms with Gasteiger partial charge in [-0.05, 0) is 0 Å². The van der Waals surface area contributed by atoms with E-state index in [1.165, 1.54) is 0 Å². The van der Waals surface area contributed by atoms with Crippen molar-refractivity contribution in [2.45, 2.75) is 24.7 Å². The van der Waals surface area contributed by atoms with Crippen molar-refractivity contribution >= 4 is 13.6 Å². The van der Waals surface area contributed by atoms with Crippen LogP contribution in [0.15, 0.2) is 0 Å². The summed E-state index contributed by atoms with van der Waals surface area (Å²) < 4.78 is 14.1. The first-order chi connectivity index (χ1) is 7.22. The number of phosphoric ester groups is 1. The second kappa shape index (κ2) is 4.89. The van der Waals surface area contributed by atoms with Gasteiger partial charge in [0.1, 0.15) is 12.2 Å². The van der Waals surface area contributed by atoms with Gasteiger partial charge in [-0.25, -0.2) is 0 Å². The molecule has 0 spiro atoms. The van der Waals surface area contributed by atoms with Crippen LogP contribution < -0.4 is 9.79 Å². The van der Waals surface area contributed by atoms with Crippen LogP contribution in [0.4, 0.5) is 0 Å². The smallest absolute Gasteiger partial charge is 0.164 e. The molecule has 9 heteroatoms. The zero-order chi connectivity index (χ0) is 12.5. The van der Waals surface area contributed by atoms with E-state index in [1.54, 1.807) is 0 Å². The van der Waals surface area contributed by atoms with E-state index >= 15 is 0 Å². The van der Waals surface area contributed by atoms with E-state index in [0.29, 0.717) is 0 Å². The summed E-state index contributed by atoms with van der Waals surface area (Å²) in [5.41, 5.74) is 0. The quantitative estimate of drug-likeness (QED) is 0.439. The number of aliphatic hydroxyl groups excluding tert-OH is 3. The van der Waals surface area contributed by atoms with Crippen molar-refractivity contribution in [1.29, 1.82) is 0 Å². The van der Waals surface area contributed by atoms with Crippen molar-refractivity contribution in [3.05, 3.63) is 0 Å². The van der Waals surface area contributed by atoms with Crippen LogP contribution in [0.1, 0.15) is 6.42 Å². The summed E-state index contributed by atoms with van der Waals surface area (Å²) in [5.74, 6) is -1.76. The van der Waals surface area contributed by atoms with Crippen molar-refractivity contribution in [2.75, 3.05) is 6.61 Å². The first kappa shape index (κ1) is 13.7. The largest absolute Gasteiger partial charge is 0.790 e. The van der Waals surface area contributed by atoms with Crippen LogP contribution in [-0.4, -0.2) is 46.0 Å². The fourth-order valence-electron chi connectivity index (χ4n) is 1.50. The van der Waals surface area contributed by atoms with E-state index < -0.39 is 44.4 Å². The Labute approximate surface area is 90.7 Å². The van der Waals surface area contributed by atoms with Crippen molar-refractivity contribution in [2.24, 2.45) is 5.92 Å². The lowest BCUT2D eigenvalue weighted by Crippen LogP contribution is -2.52. The normalized spacial score (nSPS) is 36.4. The van der Waals surface area contributed by atoms with E-state index in [9.17, 15) is 29.4 Å². The Hall–Kier alpha value is -0.340. The summed E-state index contributed by atoms with van der Waals surface area (Å²) in [6.07, 6.45) is -5.27. The SMILES string of the molecule is O=C1C[C@H](COP(=O)([O-])[O-])[C@@H](O)[C@H](O)[C@H]1O. The highest BCUT2D eigenvalue weighted by Crippen LogP contribution is 2.30. The van der Waals surface area contributed by atoms with E-state index in [1.807, 2.05) is 0 Å². The van der Waals surface area contributed by atoms with Crippen LogP contribution in [0.3, 0.4) is 0 Å². The first-order valence-electron chi connectivity index (χ1n) is 4.46. The van der Waals surface area contributed by atoms with Crippen molar-refractivity contribution in [3.63, 3.8) is 0 Å². The van der Waals surface area contributed by atoms with Crippen molar-refractivity contribution < 1.29 is 39.0 Å². The highest BCUT2D eigenvalue weighted by molar-refractivity contribution is 7.43. The molecular formula is C7H11O8P-2. The molecule has 1 aliphatic rings. The number of Topliss-reactive ketones (excluding diaryl/α,β-unsaturated/α-hetero) is 1. The molecule has 0 unspecified atom stereocenters. The molecule has 0 radical (unpaired) electrons. The van der Waals surface area contributed by atoms with Crippen LogP contribution in [-0.2, 0) is 13.9 Å². The van der Waals surface area contributed by atoms with Crippen LogP contribution in [0.5, 0.6) is 0 Å². The second-order valence-electron chi connectivity index (χ2n) is 3.60. The van der Waals surface area contributed by atoms with Gasteiger partial charge in [-0.1, -0.05) is 0 Å². The molecule has 0 saturated heterocycles. The Morgan fingerprint density at radius 2 is 1.88 bits per heavy atom. The molecule has 1 aliphatic carbocycles. The Bertz CT molecular complexity index is 312. The van der Waals surface area contributed by atoms with E-state index in [2.05, 4.69) is 4.52 Å². The monoisotopic (exact) mass is 254 g/mol. The molecule has 1 rings (SSSR count). The third-order valence-electron chi connectivity index (χ3n) is 2.40. The summed E-state index contributed by atoms with van der Waals surface area (Å²) in [5, 5.41) is 27.7. The summed E-state index contributed by atoms with van der Waals surface area (Å²) >= 11 is 0. The van der Waals surface area contributed by atoms with Crippen LogP contribution in [0, 0.1) is 5.92 Å². The molecule has 1 fully saturated rings. The van der Waals surface area contributed by atoms with Gasteiger partial charge < -0.3 is 34.2 Å². The number of hydrogen-bond acceptors (Lipinski definition) is 8. The number of carbonyl (C=O) groups is 1. The number of phosphoric acid groups is 1. The number of rotatable bonds is 3. The predicted octanol–water partition coefficient (Wildman–Crippen LogP) is -3.50.